The molecule has 1 N–H and O–H groups in total. The van der Waals surface area contributed by atoms with Crippen molar-refractivity contribution in [2.75, 3.05) is 33.2 Å². The van der Waals surface area contributed by atoms with Crippen molar-refractivity contribution in [3.63, 3.8) is 0 Å². The van der Waals surface area contributed by atoms with Crippen LogP contribution in [0.15, 0.2) is 57.4 Å². The highest BCUT2D eigenvalue weighted by atomic mass is 79.9. The van der Waals surface area contributed by atoms with Gasteiger partial charge in [-0.25, -0.2) is 0 Å². The average Bonchev–Trinajstić information content (AvgIpc) is 2.99. The number of nitrogens with zero attached hydrogens (tertiary/aromatic N) is 6. The average molecular weight is 457 g/mol. The first kappa shape index (κ1) is 19.7. The fraction of sp³-hybridized carbons (Fsp3) is 0.300. The molecule has 29 heavy (non-hydrogen) atoms. The van der Waals surface area contributed by atoms with E-state index in [1.165, 1.54) is 6.20 Å². The van der Waals surface area contributed by atoms with E-state index in [-0.39, 0.29) is 11.6 Å². The van der Waals surface area contributed by atoms with Crippen molar-refractivity contribution < 1.29 is 9.90 Å². The minimum atomic E-state index is -0.507. The van der Waals surface area contributed by atoms with Crippen LogP contribution in [0.5, 0.6) is 5.88 Å². The second-order valence-electron chi connectivity index (χ2n) is 7.07. The van der Waals surface area contributed by atoms with E-state index >= 15 is 0 Å². The molecular formula is C20H21BrN6O2. The summed E-state index contributed by atoms with van der Waals surface area (Å²) in [4.78, 5) is 20.8. The lowest BCUT2D eigenvalue weighted by Crippen LogP contribution is -2.44. The predicted octanol–water partition coefficient (Wildman–Crippen LogP) is 3.63. The number of carbonyl (C=O) groups is 1. The summed E-state index contributed by atoms with van der Waals surface area (Å²) in [6, 6.07) is 9.01. The molecular weight excluding hydrogens is 436 g/mol. The molecule has 1 fully saturated rings. The summed E-state index contributed by atoms with van der Waals surface area (Å²) in [5.41, 5.74) is 1.47. The first-order valence-electron chi connectivity index (χ1n) is 9.30. The normalized spacial score (nSPS) is 16.1. The Labute approximate surface area is 176 Å². The number of hydrogen-bond acceptors (Lipinski definition) is 6. The van der Waals surface area contributed by atoms with Gasteiger partial charge in [-0.15, -0.1) is 10.2 Å². The molecule has 0 spiro atoms. The first-order valence-corrected chi connectivity index (χ1v) is 10.1. The van der Waals surface area contributed by atoms with Crippen molar-refractivity contribution in [1.82, 2.24) is 19.4 Å². The highest BCUT2D eigenvalue weighted by Crippen LogP contribution is 2.40. The highest BCUT2D eigenvalue weighted by Gasteiger charge is 2.21. The van der Waals surface area contributed by atoms with Gasteiger partial charge < -0.3 is 10.0 Å². The van der Waals surface area contributed by atoms with Gasteiger partial charge in [0.1, 0.15) is 0 Å². The quantitative estimate of drug-likeness (QED) is 0.605. The van der Waals surface area contributed by atoms with Crippen LogP contribution in [0.4, 0.5) is 5.69 Å². The van der Waals surface area contributed by atoms with E-state index in [0.29, 0.717) is 12.2 Å². The predicted molar refractivity (Wildman–Crippen MR) is 113 cm³/mol. The van der Waals surface area contributed by atoms with E-state index in [9.17, 15) is 9.90 Å². The lowest BCUT2D eigenvalue weighted by molar-refractivity contribution is 0.0994. The third-order valence-corrected chi connectivity index (χ3v) is 5.55. The molecule has 3 heterocycles. The number of hydrogen-bond donors (Lipinski definition) is 1. The Morgan fingerprint density at radius 2 is 2.03 bits per heavy atom. The Morgan fingerprint density at radius 3 is 2.76 bits per heavy atom. The van der Waals surface area contributed by atoms with Gasteiger partial charge in [0.05, 0.1) is 17.7 Å². The van der Waals surface area contributed by atoms with Gasteiger partial charge in [0.25, 0.3) is 5.91 Å². The Kier molecular flexibility index (Phi) is 5.70. The molecule has 0 bridgehead atoms. The van der Waals surface area contributed by atoms with Crippen LogP contribution in [0, 0.1) is 0 Å². The summed E-state index contributed by atoms with van der Waals surface area (Å²) in [5, 5.41) is 19.6. The molecule has 2 aromatic heterocycles. The summed E-state index contributed by atoms with van der Waals surface area (Å²) >= 11 is 3.47. The zero-order valence-electron chi connectivity index (χ0n) is 16.0. The number of pyridine rings is 1. The molecule has 1 saturated heterocycles. The number of aromatic nitrogens is 2. The summed E-state index contributed by atoms with van der Waals surface area (Å²) < 4.78 is 2.67. The molecule has 0 saturated carbocycles. The number of aromatic hydroxyl groups is 1. The largest absolute Gasteiger partial charge is 0.493 e. The fourth-order valence-corrected chi connectivity index (χ4v) is 3.73. The maximum absolute atomic E-state index is 12.3. The third-order valence-electron chi connectivity index (χ3n) is 5.06. The number of amides is 1. The lowest BCUT2D eigenvalue weighted by Gasteiger charge is -2.32. The van der Waals surface area contributed by atoms with E-state index in [2.05, 4.69) is 48.0 Å². The molecule has 150 valence electrons. The molecule has 9 heteroatoms. The van der Waals surface area contributed by atoms with Gasteiger partial charge in [-0.05, 0) is 37.4 Å². The molecule has 4 rings (SSSR count). The van der Waals surface area contributed by atoms with Gasteiger partial charge in [-0.1, -0.05) is 15.9 Å². The number of halogens is 1. The van der Waals surface area contributed by atoms with E-state index < -0.39 is 5.91 Å². The minimum absolute atomic E-state index is 0.000218. The topological polar surface area (TPSA) is 86.3 Å². The van der Waals surface area contributed by atoms with E-state index in [4.69, 9.17) is 0 Å². The number of likely N-dealkylation sites (N-methyl/N-ethyl adjacent to an activating group) is 1. The Hall–Kier alpha value is -2.62. The smallest absolute Gasteiger partial charge is 0.296 e. The van der Waals surface area contributed by atoms with E-state index in [0.717, 1.165) is 41.6 Å². The van der Waals surface area contributed by atoms with Gasteiger partial charge in [0.2, 0.25) is 5.88 Å². The molecule has 8 nitrogen and oxygen atoms in total. The maximum Gasteiger partial charge on any atom is 0.296 e. The van der Waals surface area contributed by atoms with Crippen LogP contribution in [0.3, 0.4) is 0 Å². The Bertz CT molecular complexity index is 1060. The molecule has 0 unspecified atom stereocenters. The SMILES string of the molecule is CN1CCN(Cn2c(O)c(N=NC(=O)c3cccnc3)c3cc(Br)ccc32)CC1. The van der Waals surface area contributed by atoms with Crippen LogP contribution in [-0.4, -0.2) is 63.6 Å². The standard InChI is InChI=1S/C20H21BrN6O2/c1-25-7-9-26(10-8-25)13-27-17-5-4-15(21)11-16(17)18(20(27)29)23-24-19(28)14-3-2-6-22-12-14/h2-6,11-12,29H,7-10,13H2,1H3. The molecule has 0 atom stereocenters. The number of piperazine rings is 1. The van der Waals surface area contributed by atoms with Gasteiger partial charge in [0.15, 0.2) is 5.69 Å². The number of azo groups is 1. The van der Waals surface area contributed by atoms with Crippen LogP contribution >= 0.6 is 15.9 Å². The van der Waals surface area contributed by atoms with Crippen molar-refractivity contribution in [3.8, 4) is 5.88 Å². The van der Waals surface area contributed by atoms with Crippen LogP contribution in [-0.2, 0) is 6.67 Å². The van der Waals surface area contributed by atoms with Gasteiger partial charge in [-0.2, -0.15) is 0 Å². The zero-order chi connectivity index (χ0) is 20.4. The molecule has 1 amide bonds. The molecule has 0 radical (unpaired) electrons. The van der Waals surface area contributed by atoms with Gasteiger partial charge >= 0.3 is 0 Å². The fourth-order valence-electron chi connectivity index (χ4n) is 3.37. The number of rotatable bonds is 4. The highest BCUT2D eigenvalue weighted by molar-refractivity contribution is 9.10. The molecule has 1 aliphatic rings. The van der Waals surface area contributed by atoms with Crippen molar-refractivity contribution in [2.45, 2.75) is 6.67 Å². The monoisotopic (exact) mass is 456 g/mol. The van der Waals surface area contributed by atoms with Crippen LogP contribution < -0.4 is 0 Å². The van der Waals surface area contributed by atoms with Crippen molar-refractivity contribution >= 4 is 38.4 Å². The second kappa shape index (κ2) is 8.40. The third kappa shape index (κ3) is 4.21. The number of benzene rings is 1. The lowest BCUT2D eigenvalue weighted by atomic mass is 10.2. The van der Waals surface area contributed by atoms with Crippen LogP contribution in [0.1, 0.15) is 10.4 Å². The summed E-state index contributed by atoms with van der Waals surface area (Å²) in [7, 11) is 2.11. The van der Waals surface area contributed by atoms with Gasteiger partial charge in [0, 0.05) is 48.4 Å². The minimum Gasteiger partial charge on any atom is -0.493 e. The maximum atomic E-state index is 12.3. The summed E-state index contributed by atoms with van der Waals surface area (Å²) in [6.45, 7) is 4.35. The Balaban J connectivity index is 1.68. The molecule has 1 aliphatic heterocycles. The van der Waals surface area contributed by atoms with Crippen molar-refractivity contribution in [2.24, 2.45) is 10.2 Å². The number of carbonyl (C=O) groups excluding carboxylic acids is 1. The van der Waals surface area contributed by atoms with Crippen LogP contribution in [0.2, 0.25) is 0 Å². The van der Waals surface area contributed by atoms with Crippen molar-refractivity contribution in [3.05, 3.63) is 52.8 Å². The molecule has 0 aliphatic carbocycles. The second-order valence-corrected chi connectivity index (χ2v) is 7.99. The van der Waals surface area contributed by atoms with E-state index in [1.807, 2.05) is 22.8 Å². The van der Waals surface area contributed by atoms with Crippen LogP contribution in [0.25, 0.3) is 10.9 Å². The Morgan fingerprint density at radius 1 is 1.24 bits per heavy atom. The molecule has 1 aromatic carbocycles. The first-order chi connectivity index (χ1) is 14.0. The summed E-state index contributed by atoms with van der Waals surface area (Å²) in [5.74, 6) is -0.507. The molecule has 3 aromatic rings. The van der Waals surface area contributed by atoms with Crippen molar-refractivity contribution in [1.29, 1.82) is 0 Å². The van der Waals surface area contributed by atoms with Gasteiger partial charge in [-0.3, -0.25) is 19.2 Å². The summed E-state index contributed by atoms with van der Waals surface area (Å²) in [6.07, 6.45) is 3.03. The van der Waals surface area contributed by atoms with E-state index in [1.54, 1.807) is 18.3 Å². The number of fused-ring (bicyclic) bond motifs is 1. The zero-order valence-corrected chi connectivity index (χ0v) is 17.6.